The molecule has 0 saturated heterocycles. The van der Waals surface area contributed by atoms with Crippen LogP contribution in [0.4, 0.5) is 11.4 Å². The number of carbonyl (C=O) groups excluding carboxylic acids is 2. The number of benzene rings is 2. The SMILES string of the molecule is Nc1ccc(CCC(=O)NCCCNCCCCCNCCCNC(=O)CCc2ccc(O)c(O)c2)cc1N. The van der Waals surface area contributed by atoms with Crippen molar-refractivity contribution in [3.05, 3.63) is 47.5 Å². The number of hydrogen-bond acceptors (Lipinski definition) is 8. The van der Waals surface area contributed by atoms with Gasteiger partial charge in [-0.3, -0.25) is 9.59 Å². The molecule has 0 fully saturated rings. The maximum absolute atomic E-state index is 12.0. The van der Waals surface area contributed by atoms with E-state index < -0.39 is 0 Å². The molecule has 216 valence electrons. The van der Waals surface area contributed by atoms with Crippen LogP contribution in [0.3, 0.4) is 0 Å². The first-order valence-corrected chi connectivity index (χ1v) is 13.9. The zero-order chi connectivity index (χ0) is 28.3. The van der Waals surface area contributed by atoms with Crippen LogP contribution in [-0.4, -0.2) is 61.3 Å². The van der Waals surface area contributed by atoms with E-state index in [1.54, 1.807) is 12.1 Å². The molecule has 0 aliphatic heterocycles. The van der Waals surface area contributed by atoms with Crippen molar-refractivity contribution in [2.75, 3.05) is 50.7 Å². The standard InChI is InChI=1S/C29H46N6O4/c30-24-10-6-22(20-25(24)31)8-12-28(38)34-18-4-16-32-14-2-1-3-15-33-17-5-19-35-29(39)13-9-23-7-11-26(36)27(37)21-23/h6-7,10-11,20-21,32-33,36-37H,1-5,8-9,12-19,30-31H2,(H,34,38)(H,35,39). The van der Waals surface area contributed by atoms with Crippen LogP contribution in [0.2, 0.25) is 0 Å². The second-order valence-corrected chi connectivity index (χ2v) is 9.75. The van der Waals surface area contributed by atoms with Gasteiger partial charge in [-0.1, -0.05) is 18.6 Å². The molecule has 0 unspecified atom stereocenters. The van der Waals surface area contributed by atoms with E-state index in [1.807, 2.05) is 12.1 Å². The van der Waals surface area contributed by atoms with Crippen molar-refractivity contribution in [3.63, 3.8) is 0 Å². The van der Waals surface area contributed by atoms with Gasteiger partial charge in [-0.15, -0.1) is 0 Å². The van der Waals surface area contributed by atoms with Gasteiger partial charge >= 0.3 is 0 Å². The van der Waals surface area contributed by atoms with Crippen LogP contribution in [0.15, 0.2) is 36.4 Å². The molecule has 0 aliphatic carbocycles. The summed E-state index contributed by atoms with van der Waals surface area (Å²) in [6.45, 7) is 4.99. The van der Waals surface area contributed by atoms with Crippen molar-refractivity contribution < 1.29 is 19.8 Å². The zero-order valence-corrected chi connectivity index (χ0v) is 22.9. The second kappa shape index (κ2) is 18.7. The average Bonchev–Trinajstić information content (AvgIpc) is 2.92. The number of aromatic hydroxyl groups is 2. The van der Waals surface area contributed by atoms with E-state index in [0.29, 0.717) is 50.1 Å². The molecule has 0 heterocycles. The fraction of sp³-hybridized carbons (Fsp3) is 0.517. The van der Waals surface area contributed by atoms with Gasteiger partial charge in [0.25, 0.3) is 0 Å². The molecule has 0 atom stereocenters. The van der Waals surface area contributed by atoms with Gasteiger partial charge in [0.2, 0.25) is 11.8 Å². The predicted molar refractivity (Wildman–Crippen MR) is 157 cm³/mol. The number of carbonyl (C=O) groups is 2. The minimum Gasteiger partial charge on any atom is -0.504 e. The molecule has 0 spiro atoms. The van der Waals surface area contributed by atoms with E-state index in [4.69, 9.17) is 11.5 Å². The summed E-state index contributed by atoms with van der Waals surface area (Å²) < 4.78 is 0. The van der Waals surface area contributed by atoms with E-state index in [9.17, 15) is 19.8 Å². The van der Waals surface area contributed by atoms with Crippen LogP contribution >= 0.6 is 0 Å². The summed E-state index contributed by atoms with van der Waals surface area (Å²) in [6.07, 6.45) is 7.12. The Hall–Kier alpha value is -3.50. The Bertz CT molecular complexity index is 938. The minimum absolute atomic E-state index is 0.0159. The Morgan fingerprint density at radius 1 is 0.590 bits per heavy atom. The Balaban J connectivity index is 1.31. The van der Waals surface area contributed by atoms with Crippen LogP contribution < -0.4 is 32.7 Å². The lowest BCUT2D eigenvalue weighted by Crippen LogP contribution is -2.28. The van der Waals surface area contributed by atoms with Gasteiger partial charge in [-0.25, -0.2) is 0 Å². The summed E-state index contributed by atoms with van der Waals surface area (Å²) in [6, 6.07) is 10.1. The normalized spacial score (nSPS) is 10.9. The number of nitrogen functional groups attached to an aromatic ring is 2. The van der Waals surface area contributed by atoms with Gasteiger partial charge in [0.1, 0.15) is 0 Å². The van der Waals surface area contributed by atoms with Crippen LogP contribution in [0, 0.1) is 0 Å². The summed E-state index contributed by atoms with van der Waals surface area (Å²) >= 11 is 0. The van der Waals surface area contributed by atoms with E-state index in [2.05, 4.69) is 21.3 Å². The lowest BCUT2D eigenvalue weighted by molar-refractivity contribution is -0.121. The summed E-state index contributed by atoms with van der Waals surface area (Å²) in [5.74, 6) is -0.287. The quantitative estimate of drug-likeness (QED) is 0.0713. The van der Waals surface area contributed by atoms with Crippen LogP contribution in [0.25, 0.3) is 0 Å². The van der Waals surface area contributed by atoms with Crippen molar-refractivity contribution in [1.82, 2.24) is 21.3 Å². The summed E-state index contributed by atoms with van der Waals surface area (Å²) in [7, 11) is 0. The molecule has 2 aromatic rings. The Morgan fingerprint density at radius 2 is 1.10 bits per heavy atom. The number of anilines is 2. The highest BCUT2D eigenvalue weighted by Gasteiger charge is 2.05. The molecule has 10 heteroatoms. The zero-order valence-electron chi connectivity index (χ0n) is 22.9. The number of unbranched alkanes of at least 4 members (excludes halogenated alkanes) is 2. The Morgan fingerprint density at radius 3 is 1.64 bits per heavy atom. The topological polar surface area (TPSA) is 175 Å². The average molecular weight is 543 g/mol. The largest absolute Gasteiger partial charge is 0.504 e. The maximum Gasteiger partial charge on any atom is 0.220 e. The van der Waals surface area contributed by atoms with Gasteiger partial charge in [-0.2, -0.15) is 0 Å². The molecule has 10 N–H and O–H groups in total. The molecule has 39 heavy (non-hydrogen) atoms. The fourth-order valence-corrected chi connectivity index (χ4v) is 4.01. The third-order valence-corrected chi connectivity index (χ3v) is 6.38. The first-order valence-electron chi connectivity index (χ1n) is 13.9. The first-order chi connectivity index (χ1) is 18.8. The summed E-state index contributed by atoms with van der Waals surface area (Å²) in [5.41, 5.74) is 14.5. The number of aryl methyl sites for hydroxylation is 2. The monoisotopic (exact) mass is 542 g/mol. The van der Waals surface area contributed by atoms with Gasteiger partial charge in [0.05, 0.1) is 11.4 Å². The van der Waals surface area contributed by atoms with E-state index in [-0.39, 0.29) is 23.3 Å². The molecule has 0 aliphatic rings. The van der Waals surface area contributed by atoms with Gasteiger partial charge in [-0.05, 0) is 100 Å². The first kappa shape index (κ1) is 31.7. The number of hydrogen-bond donors (Lipinski definition) is 8. The molecule has 0 aromatic heterocycles. The lowest BCUT2D eigenvalue weighted by Gasteiger charge is -2.08. The summed E-state index contributed by atoms with van der Waals surface area (Å²) in [5, 5.41) is 31.5. The molecule has 2 aromatic carbocycles. The van der Waals surface area contributed by atoms with Crippen LogP contribution in [-0.2, 0) is 22.4 Å². The molecule has 0 bridgehead atoms. The predicted octanol–water partition coefficient (Wildman–Crippen LogP) is 2.19. The van der Waals surface area contributed by atoms with Crippen LogP contribution in [0.1, 0.15) is 56.1 Å². The highest BCUT2D eigenvalue weighted by atomic mass is 16.3. The van der Waals surface area contributed by atoms with Crippen molar-refractivity contribution >= 4 is 23.2 Å². The fourth-order valence-electron chi connectivity index (χ4n) is 4.01. The Kier molecular flexibility index (Phi) is 15.2. The van der Waals surface area contributed by atoms with E-state index in [1.165, 1.54) is 12.1 Å². The molecule has 2 rings (SSSR count). The molecule has 10 nitrogen and oxygen atoms in total. The number of nitrogens with one attached hydrogen (secondary N) is 4. The van der Waals surface area contributed by atoms with Gasteiger partial charge in [0.15, 0.2) is 11.5 Å². The van der Waals surface area contributed by atoms with Crippen LogP contribution in [0.5, 0.6) is 11.5 Å². The third-order valence-electron chi connectivity index (χ3n) is 6.38. The molecule has 0 radical (unpaired) electrons. The van der Waals surface area contributed by atoms with E-state index in [0.717, 1.165) is 69.4 Å². The third kappa shape index (κ3) is 14.3. The molecular weight excluding hydrogens is 496 g/mol. The maximum atomic E-state index is 12.0. The number of nitrogens with two attached hydrogens (primary N) is 2. The van der Waals surface area contributed by atoms with Gasteiger partial charge < -0.3 is 42.9 Å². The lowest BCUT2D eigenvalue weighted by atomic mass is 10.1. The van der Waals surface area contributed by atoms with Crippen molar-refractivity contribution in [2.45, 2.75) is 57.8 Å². The number of rotatable bonds is 20. The van der Waals surface area contributed by atoms with Crippen molar-refractivity contribution in [1.29, 1.82) is 0 Å². The van der Waals surface area contributed by atoms with Crippen molar-refractivity contribution in [3.8, 4) is 11.5 Å². The van der Waals surface area contributed by atoms with Gasteiger partial charge in [0, 0.05) is 25.9 Å². The summed E-state index contributed by atoms with van der Waals surface area (Å²) in [4.78, 5) is 23.9. The van der Waals surface area contributed by atoms with E-state index >= 15 is 0 Å². The van der Waals surface area contributed by atoms with Crippen molar-refractivity contribution in [2.24, 2.45) is 0 Å². The molecule has 2 amide bonds. The Labute approximate surface area is 231 Å². The number of amides is 2. The smallest absolute Gasteiger partial charge is 0.220 e. The second-order valence-electron chi connectivity index (χ2n) is 9.75. The molecular formula is C29H46N6O4. The number of phenolic OH excluding ortho intramolecular Hbond substituents is 2. The highest BCUT2D eigenvalue weighted by Crippen LogP contribution is 2.25. The minimum atomic E-state index is -0.164. The highest BCUT2D eigenvalue weighted by molar-refractivity contribution is 5.76. The molecule has 0 saturated carbocycles. The number of phenols is 2.